The lowest BCUT2D eigenvalue weighted by Crippen LogP contribution is -2.53. The largest absolute Gasteiger partial charge is 0.380 e. The molecule has 1 atom stereocenters. The lowest BCUT2D eigenvalue weighted by molar-refractivity contribution is -0.134. The van der Waals surface area contributed by atoms with Gasteiger partial charge in [0.15, 0.2) is 5.65 Å². The van der Waals surface area contributed by atoms with E-state index < -0.39 is 6.04 Å². The van der Waals surface area contributed by atoms with E-state index in [9.17, 15) is 14.4 Å². The second kappa shape index (κ2) is 9.94. The standard InChI is InChI=1S/C24H25Cl2N7O3/c1-31-13-28-22-21(24(31)36)18(27-12-14-2-3-15(25)10-16(14)26)11-19(30-22)32-6-8-33(9-7-32)23(35)17-4-5-20(34)29-17/h2-3,10-11,13,17H,4-9,12H2,1H3,(H,27,30)(H,29,34)/t17-/m1/s1. The third-order valence-corrected chi connectivity index (χ3v) is 7.15. The van der Waals surface area contributed by atoms with Crippen LogP contribution < -0.4 is 21.1 Å². The maximum atomic E-state index is 12.9. The zero-order valence-corrected chi connectivity index (χ0v) is 21.1. The number of piperazine rings is 1. The van der Waals surface area contributed by atoms with Crippen LogP contribution in [0.5, 0.6) is 0 Å². The van der Waals surface area contributed by atoms with E-state index in [0.29, 0.717) is 78.1 Å². The van der Waals surface area contributed by atoms with Gasteiger partial charge in [-0.1, -0.05) is 29.3 Å². The molecular weight excluding hydrogens is 505 g/mol. The van der Waals surface area contributed by atoms with E-state index in [1.165, 1.54) is 10.9 Å². The van der Waals surface area contributed by atoms with Crippen molar-refractivity contribution in [1.29, 1.82) is 0 Å². The van der Waals surface area contributed by atoms with Gasteiger partial charge in [-0.05, 0) is 24.1 Å². The van der Waals surface area contributed by atoms with Gasteiger partial charge in [0, 0.05) is 62.3 Å². The summed E-state index contributed by atoms with van der Waals surface area (Å²) in [6, 6.07) is 6.68. The number of amides is 2. The number of aryl methyl sites for hydroxylation is 1. The van der Waals surface area contributed by atoms with Gasteiger partial charge >= 0.3 is 0 Å². The second-order valence-electron chi connectivity index (χ2n) is 8.95. The van der Waals surface area contributed by atoms with Crippen molar-refractivity contribution in [2.75, 3.05) is 36.4 Å². The Balaban J connectivity index is 1.38. The average molecular weight is 530 g/mol. The fraction of sp³-hybridized carbons (Fsp3) is 0.375. The Kier molecular flexibility index (Phi) is 6.72. The van der Waals surface area contributed by atoms with E-state index in [4.69, 9.17) is 23.2 Å². The molecule has 2 aromatic heterocycles. The van der Waals surface area contributed by atoms with Crippen molar-refractivity contribution in [1.82, 2.24) is 24.8 Å². The predicted octanol–water partition coefficient (Wildman–Crippen LogP) is 2.17. The van der Waals surface area contributed by atoms with Crippen molar-refractivity contribution in [3.8, 4) is 0 Å². The van der Waals surface area contributed by atoms with Gasteiger partial charge in [-0.15, -0.1) is 0 Å². The van der Waals surface area contributed by atoms with E-state index in [1.54, 1.807) is 24.1 Å². The molecule has 2 amide bonds. The summed E-state index contributed by atoms with van der Waals surface area (Å²) in [6.07, 6.45) is 2.38. The predicted molar refractivity (Wildman–Crippen MR) is 139 cm³/mol. The second-order valence-corrected chi connectivity index (χ2v) is 9.79. The quantitative estimate of drug-likeness (QED) is 0.520. The lowest BCUT2D eigenvalue weighted by Gasteiger charge is -2.36. The van der Waals surface area contributed by atoms with Crippen molar-refractivity contribution in [3.63, 3.8) is 0 Å². The van der Waals surface area contributed by atoms with Gasteiger partial charge in [0.1, 0.15) is 17.2 Å². The summed E-state index contributed by atoms with van der Waals surface area (Å²) < 4.78 is 1.41. The highest BCUT2D eigenvalue weighted by Gasteiger charge is 2.32. The number of hydrogen-bond donors (Lipinski definition) is 2. The number of rotatable bonds is 5. The minimum atomic E-state index is -0.432. The molecular formula is C24H25Cl2N7O3. The van der Waals surface area contributed by atoms with Crippen LogP contribution in [-0.2, 0) is 23.2 Å². The zero-order valence-electron chi connectivity index (χ0n) is 19.6. The van der Waals surface area contributed by atoms with Crippen molar-refractivity contribution in [3.05, 3.63) is 56.6 Å². The van der Waals surface area contributed by atoms with E-state index in [-0.39, 0.29) is 17.4 Å². The molecule has 0 spiro atoms. The van der Waals surface area contributed by atoms with Crippen LogP contribution in [0.1, 0.15) is 18.4 Å². The molecule has 2 aliphatic rings. The minimum absolute atomic E-state index is 0.0423. The molecule has 0 radical (unpaired) electrons. The Hall–Kier alpha value is -3.37. The van der Waals surface area contributed by atoms with Crippen LogP contribution in [0.3, 0.4) is 0 Å². The first kappa shape index (κ1) is 24.3. The maximum absolute atomic E-state index is 12.9. The summed E-state index contributed by atoms with van der Waals surface area (Å²) in [7, 11) is 1.64. The highest BCUT2D eigenvalue weighted by atomic mass is 35.5. The van der Waals surface area contributed by atoms with Crippen LogP contribution in [0.4, 0.5) is 11.5 Å². The summed E-state index contributed by atoms with van der Waals surface area (Å²) >= 11 is 12.4. The van der Waals surface area contributed by atoms with E-state index in [2.05, 4.69) is 25.5 Å². The zero-order chi connectivity index (χ0) is 25.4. The van der Waals surface area contributed by atoms with Gasteiger partial charge in [0.25, 0.3) is 5.56 Å². The summed E-state index contributed by atoms with van der Waals surface area (Å²) in [5.74, 6) is 0.541. The number of carbonyl (C=O) groups excluding carboxylic acids is 2. The highest BCUT2D eigenvalue weighted by Crippen LogP contribution is 2.27. The minimum Gasteiger partial charge on any atom is -0.380 e. The highest BCUT2D eigenvalue weighted by molar-refractivity contribution is 6.35. The average Bonchev–Trinajstić information content (AvgIpc) is 3.31. The number of hydrogen-bond acceptors (Lipinski definition) is 7. The summed E-state index contributed by atoms with van der Waals surface area (Å²) in [5, 5.41) is 7.54. The molecule has 1 aromatic carbocycles. The molecule has 5 rings (SSSR count). The van der Waals surface area contributed by atoms with Crippen LogP contribution in [-0.4, -0.2) is 63.5 Å². The Bertz CT molecular complexity index is 1400. The molecule has 0 bridgehead atoms. The molecule has 3 aromatic rings. The first-order valence-corrected chi connectivity index (χ1v) is 12.4. The monoisotopic (exact) mass is 529 g/mol. The fourth-order valence-electron chi connectivity index (χ4n) is 4.53. The third-order valence-electron chi connectivity index (χ3n) is 6.57. The summed E-state index contributed by atoms with van der Waals surface area (Å²) in [5.41, 5.74) is 1.56. The van der Waals surface area contributed by atoms with Gasteiger partial charge in [-0.2, -0.15) is 0 Å². The van der Waals surface area contributed by atoms with Gasteiger partial charge in [-0.3, -0.25) is 14.4 Å². The summed E-state index contributed by atoms with van der Waals surface area (Å²) in [4.78, 5) is 50.1. The molecule has 10 nitrogen and oxygen atoms in total. The van der Waals surface area contributed by atoms with Gasteiger partial charge < -0.3 is 25.0 Å². The van der Waals surface area contributed by atoms with E-state index in [0.717, 1.165) is 5.56 Å². The van der Waals surface area contributed by atoms with Gasteiger partial charge in [0.2, 0.25) is 11.8 Å². The molecule has 2 fully saturated rings. The fourth-order valence-corrected chi connectivity index (χ4v) is 5.00. The normalized spacial score (nSPS) is 18.0. The smallest absolute Gasteiger partial charge is 0.264 e. The van der Waals surface area contributed by atoms with Crippen molar-refractivity contribution in [2.45, 2.75) is 25.4 Å². The molecule has 4 heterocycles. The number of carbonyl (C=O) groups is 2. The first-order chi connectivity index (χ1) is 17.3. The third kappa shape index (κ3) is 4.83. The van der Waals surface area contributed by atoms with Crippen LogP contribution in [0.2, 0.25) is 10.0 Å². The molecule has 2 saturated heterocycles. The maximum Gasteiger partial charge on any atom is 0.264 e. The van der Waals surface area contributed by atoms with E-state index in [1.807, 2.05) is 12.1 Å². The Morgan fingerprint density at radius 3 is 2.64 bits per heavy atom. The number of fused-ring (bicyclic) bond motifs is 1. The van der Waals surface area contributed by atoms with Crippen LogP contribution in [0.15, 0.2) is 35.4 Å². The first-order valence-electron chi connectivity index (χ1n) is 11.7. The SMILES string of the molecule is Cn1cnc2nc(N3CCN(C(=O)[C@H]4CCC(=O)N4)CC3)cc(NCc3ccc(Cl)cc3Cl)c2c1=O. The Morgan fingerprint density at radius 1 is 1.17 bits per heavy atom. The number of benzene rings is 1. The summed E-state index contributed by atoms with van der Waals surface area (Å²) in [6.45, 7) is 2.54. The Labute approximate surface area is 217 Å². The molecule has 0 aliphatic carbocycles. The molecule has 0 saturated carbocycles. The number of nitrogens with one attached hydrogen (secondary N) is 2. The topological polar surface area (TPSA) is 112 Å². The van der Waals surface area contributed by atoms with Crippen molar-refractivity contribution < 1.29 is 9.59 Å². The van der Waals surface area contributed by atoms with Crippen LogP contribution in [0.25, 0.3) is 11.0 Å². The van der Waals surface area contributed by atoms with Gasteiger partial charge in [-0.25, -0.2) is 9.97 Å². The lowest BCUT2D eigenvalue weighted by atomic mass is 10.1. The molecule has 36 heavy (non-hydrogen) atoms. The van der Waals surface area contributed by atoms with E-state index >= 15 is 0 Å². The molecule has 188 valence electrons. The Morgan fingerprint density at radius 2 is 1.94 bits per heavy atom. The number of halogens is 2. The van der Waals surface area contributed by atoms with Gasteiger partial charge in [0.05, 0.1) is 12.0 Å². The number of anilines is 2. The number of aromatic nitrogens is 3. The molecule has 0 unspecified atom stereocenters. The molecule has 12 heteroatoms. The van der Waals surface area contributed by atoms with Crippen LogP contribution >= 0.6 is 23.2 Å². The molecule has 2 N–H and O–H groups in total. The van der Waals surface area contributed by atoms with Crippen molar-refractivity contribution in [2.24, 2.45) is 7.05 Å². The van der Waals surface area contributed by atoms with Crippen molar-refractivity contribution >= 4 is 57.6 Å². The molecule has 2 aliphatic heterocycles. The number of pyridine rings is 1. The van der Waals surface area contributed by atoms with Crippen LogP contribution in [0, 0.1) is 0 Å². The number of nitrogens with zero attached hydrogens (tertiary/aromatic N) is 5.